The summed E-state index contributed by atoms with van der Waals surface area (Å²) in [6.07, 6.45) is 5.99. The van der Waals surface area contributed by atoms with E-state index in [1.807, 2.05) is 6.92 Å². The SMILES string of the molecule is CCOC(CC)c1nc(=S)c(Br)c(C2CCCC2)[nH]1. The van der Waals surface area contributed by atoms with Crippen LogP contribution >= 0.6 is 28.1 Å². The van der Waals surface area contributed by atoms with Crippen LogP contribution in [0.2, 0.25) is 0 Å². The Morgan fingerprint density at radius 3 is 2.68 bits per heavy atom. The molecule has 0 amide bonds. The van der Waals surface area contributed by atoms with Gasteiger partial charge in [0.05, 0.1) is 4.47 Å². The molecule has 0 spiro atoms. The molecule has 0 saturated heterocycles. The van der Waals surface area contributed by atoms with Crippen LogP contribution < -0.4 is 0 Å². The van der Waals surface area contributed by atoms with Crippen LogP contribution in [0.5, 0.6) is 0 Å². The van der Waals surface area contributed by atoms with Gasteiger partial charge in [0.1, 0.15) is 16.6 Å². The highest BCUT2D eigenvalue weighted by atomic mass is 79.9. The third kappa shape index (κ3) is 3.44. The van der Waals surface area contributed by atoms with E-state index in [4.69, 9.17) is 17.0 Å². The van der Waals surface area contributed by atoms with E-state index in [-0.39, 0.29) is 6.10 Å². The van der Waals surface area contributed by atoms with Gasteiger partial charge >= 0.3 is 0 Å². The average molecular weight is 345 g/mol. The Morgan fingerprint density at radius 2 is 2.11 bits per heavy atom. The minimum atomic E-state index is 0.0138. The van der Waals surface area contributed by atoms with Crippen LogP contribution in [0.25, 0.3) is 0 Å². The topological polar surface area (TPSA) is 37.9 Å². The quantitative estimate of drug-likeness (QED) is 0.759. The van der Waals surface area contributed by atoms with Gasteiger partial charge in [-0.05, 0) is 42.1 Å². The minimum absolute atomic E-state index is 0.0138. The summed E-state index contributed by atoms with van der Waals surface area (Å²) >= 11 is 8.98. The first-order valence-electron chi connectivity index (χ1n) is 7.08. The number of H-pyrrole nitrogens is 1. The van der Waals surface area contributed by atoms with Crippen LogP contribution in [0.4, 0.5) is 0 Å². The van der Waals surface area contributed by atoms with Gasteiger partial charge in [0, 0.05) is 18.2 Å². The normalized spacial score (nSPS) is 17.8. The molecule has 1 saturated carbocycles. The fraction of sp³-hybridized carbons (Fsp3) is 0.714. The zero-order valence-electron chi connectivity index (χ0n) is 11.5. The zero-order valence-corrected chi connectivity index (χ0v) is 13.9. The number of nitrogens with one attached hydrogen (secondary N) is 1. The molecule has 0 radical (unpaired) electrons. The summed E-state index contributed by atoms with van der Waals surface area (Å²) in [7, 11) is 0. The van der Waals surface area contributed by atoms with Gasteiger partial charge in [-0.2, -0.15) is 0 Å². The number of rotatable bonds is 5. The number of aromatic amines is 1. The van der Waals surface area contributed by atoms with E-state index in [9.17, 15) is 0 Å². The summed E-state index contributed by atoms with van der Waals surface area (Å²) in [6, 6.07) is 0. The molecule has 1 aromatic heterocycles. The first kappa shape index (κ1) is 15.1. The Hall–Kier alpha value is -0.260. The van der Waals surface area contributed by atoms with Crippen molar-refractivity contribution in [1.29, 1.82) is 0 Å². The smallest absolute Gasteiger partial charge is 0.144 e. The monoisotopic (exact) mass is 344 g/mol. The molecular formula is C14H21BrN2OS. The highest BCUT2D eigenvalue weighted by Gasteiger charge is 2.23. The van der Waals surface area contributed by atoms with E-state index in [1.165, 1.54) is 31.4 Å². The molecule has 0 aliphatic heterocycles. The van der Waals surface area contributed by atoms with Gasteiger partial charge in [-0.3, -0.25) is 0 Å². The summed E-state index contributed by atoms with van der Waals surface area (Å²) in [4.78, 5) is 7.96. The van der Waals surface area contributed by atoms with Crippen molar-refractivity contribution in [1.82, 2.24) is 9.97 Å². The number of hydrogen-bond donors (Lipinski definition) is 1. The highest BCUT2D eigenvalue weighted by molar-refractivity contribution is 9.10. The van der Waals surface area contributed by atoms with Gasteiger partial charge < -0.3 is 9.72 Å². The van der Waals surface area contributed by atoms with Crippen LogP contribution in [0.15, 0.2) is 4.47 Å². The van der Waals surface area contributed by atoms with Crippen LogP contribution in [-0.4, -0.2) is 16.6 Å². The molecule has 3 nitrogen and oxygen atoms in total. The minimum Gasteiger partial charge on any atom is -0.371 e. The summed E-state index contributed by atoms with van der Waals surface area (Å²) in [5, 5.41) is 0. The van der Waals surface area contributed by atoms with Gasteiger partial charge in [-0.15, -0.1) is 0 Å². The molecule has 1 aromatic rings. The van der Waals surface area contributed by atoms with Crippen LogP contribution in [-0.2, 0) is 4.74 Å². The fourth-order valence-electron chi connectivity index (χ4n) is 2.73. The van der Waals surface area contributed by atoms with E-state index in [2.05, 4.69) is 32.8 Å². The third-order valence-corrected chi connectivity index (χ3v) is 5.08. The molecule has 0 bridgehead atoms. The van der Waals surface area contributed by atoms with E-state index >= 15 is 0 Å². The van der Waals surface area contributed by atoms with Gasteiger partial charge in [0.15, 0.2) is 0 Å². The lowest BCUT2D eigenvalue weighted by atomic mass is 10.0. The van der Waals surface area contributed by atoms with E-state index in [0.717, 1.165) is 16.7 Å². The van der Waals surface area contributed by atoms with Gasteiger partial charge in [-0.25, -0.2) is 4.98 Å². The molecule has 2 rings (SSSR count). The molecule has 19 heavy (non-hydrogen) atoms. The number of ether oxygens (including phenoxy) is 1. The lowest BCUT2D eigenvalue weighted by molar-refractivity contribution is 0.0531. The van der Waals surface area contributed by atoms with Crippen molar-refractivity contribution in [3.63, 3.8) is 0 Å². The van der Waals surface area contributed by atoms with E-state index in [1.54, 1.807) is 0 Å². The molecular weight excluding hydrogens is 324 g/mol. The van der Waals surface area contributed by atoms with E-state index in [0.29, 0.717) is 17.2 Å². The highest BCUT2D eigenvalue weighted by Crippen LogP contribution is 2.37. The maximum atomic E-state index is 5.73. The predicted octanol–water partition coefficient (Wildman–Crippen LogP) is 5.05. The van der Waals surface area contributed by atoms with Crippen LogP contribution in [0, 0.1) is 4.64 Å². The van der Waals surface area contributed by atoms with E-state index < -0.39 is 0 Å². The third-order valence-electron chi connectivity index (χ3n) is 3.72. The summed E-state index contributed by atoms with van der Waals surface area (Å²) in [5.41, 5.74) is 1.21. The first-order valence-corrected chi connectivity index (χ1v) is 8.28. The predicted molar refractivity (Wildman–Crippen MR) is 83.0 cm³/mol. The maximum absolute atomic E-state index is 5.73. The molecule has 1 N–H and O–H groups in total. The Morgan fingerprint density at radius 1 is 1.42 bits per heavy atom. The van der Waals surface area contributed by atoms with Gasteiger partial charge in [0.25, 0.3) is 0 Å². The first-order chi connectivity index (χ1) is 9.17. The number of halogens is 1. The summed E-state index contributed by atoms with van der Waals surface area (Å²) in [5.74, 6) is 1.46. The molecule has 1 fully saturated rings. The molecule has 106 valence electrons. The van der Waals surface area contributed by atoms with Gasteiger partial charge in [0.2, 0.25) is 0 Å². The molecule has 1 atom stereocenters. The Labute approximate surface area is 128 Å². The van der Waals surface area contributed by atoms with Crippen molar-refractivity contribution in [2.24, 2.45) is 0 Å². The lowest BCUT2D eigenvalue weighted by Gasteiger charge is -2.18. The largest absolute Gasteiger partial charge is 0.371 e. The van der Waals surface area contributed by atoms with Crippen molar-refractivity contribution < 1.29 is 4.74 Å². The molecule has 1 heterocycles. The average Bonchev–Trinajstić information content (AvgIpc) is 2.93. The summed E-state index contributed by atoms with van der Waals surface area (Å²) in [6.45, 7) is 4.81. The van der Waals surface area contributed by atoms with Crippen molar-refractivity contribution in [2.45, 2.75) is 58.0 Å². The second-order valence-electron chi connectivity index (χ2n) is 4.99. The number of hydrogen-bond acceptors (Lipinski definition) is 3. The number of nitrogens with zero attached hydrogens (tertiary/aromatic N) is 1. The standard InChI is InChI=1S/C14H21BrN2OS/c1-3-10(18-4-2)13-16-12(9-7-5-6-8-9)11(15)14(19)17-13/h9-10H,3-8H2,1-2H3,(H,16,17,19). The van der Waals surface area contributed by atoms with Gasteiger partial charge in [-0.1, -0.05) is 32.0 Å². The molecule has 5 heteroatoms. The molecule has 1 unspecified atom stereocenters. The lowest BCUT2D eigenvalue weighted by Crippen LogP contribution is -2.11. The second kappa shape index (κ2) is 6.95. The molecule has 1 aliphatic carbocycles. The van der Waals surface area contributed by atoms with Crippen molar-refractivity contribution >= 4 is 28.1 Å². The number of aromatic nitrogens is 2. The maximum Gasteiger partial charge on any atom is 0.144 e. The molecule has 1 aliphatic rings. The van der Waals surface area contributed by atoms with Crippen LogP contribution in [0.3, 0.4) is 0 Å². The molecule has 0 aromatic carbocycles. The Kier molecular flexibility index (Phi) is 5.54. The Bertz CT molecular complexity index is 483. The van der Waals surface area contributed by atoms with Crippen molar-refractivity contribution in [3.05, 3.63) is 20.6 Å². The fourth-order valence-corrected chi connectivity index (χ4v) is 3.45. The summed E-state index contributed by atoms with van der Waals surface area (Å²) < 4.78 is 7.34. The van der Waals surface area contributed by atoms with Crippen molar-refractivity contribution in [3.8, 4) is 0 Å². The Balaban J connectivity index is 2.37. The second-order valence-corrected chi connectivity index (χ2v) is 6.17. The van der Waals surface area contributed by atoms with Crippen LogP contribution in [0.1, 0.15) is 69.5 Å². The van der Waals surface area contributed by atoms with Crippen molar-refractivity contribution in [2.75, 3.05) is 6.61 Å². The zero-order chi connectivity index (χ0) is 13.8.